The summed E-state index contributed by atoms with van der Waals surface area (Å²) in [6.07, 6.45) is -0.919. The number of aliphatic carboxylic acids is 1. The summed E-state index contributed by atoms with van der Waals surface area (Å²) >= 11 is 0. The average molecular weight is 276 g/mol. The number of carboxylic acid groups (broad SMARTS) is 1. The van der Waals surface area contributed by atoms with E-state index in [0.717, 1.165) is 7.11 Å². The van der Waals surface area contributed by atoms with Crippen LogP contribution in [0.3, 0.4) is 0 Å². The largest absolute Gasteiger partial charge is 0.481 e. The Labute approximate surface area is 106 Å². The maximum atomic E-state index is 13.4. The summed E-state index contributed by atoms with van der Waals surface area (Å²) in [6, 6.07) is 0.916. The summed E-state index contributed by atoms with van der Waals surface area (Å²) in [4.78, 5) is 21.9. The quantitative estimate of drug-likeness (QED) is 0.659. The summed E-state index contributed by atoms with van der Waals surface area (Å²) < 4.78 is 43.3. The monoisotopic (exact) mass is 276 g/mol. The number of hydrogen-bond donors (Lipinski definition) is 1. The van der Waals surface area contributed by atoms with Crippen molar-refractivity contribution in [2.24, 2.45) is 5.92 Å². The van der Waals surface area contributed by atoms with Gasteiger partial charge < -0.3 is 9.84 Å². The minimum Gasteiger partial charge on any atom is -0.481 e. The first-order valence-corrected chi connectivity index (χ1v) is 5.28. The highest BCUT2D eigenvalue weighted by Crippen LogP contribution is 2.19. The van der Waals surface area contributed by atoms with Crippen molar-refractivity contribution in [3.05, 3.63) is 35.1 Å². The number of benzene rings is 1. The standard InChI is InChI=1S/C12H11F3O4/c1-19-11(16)4-7(12(17)18)2-6-3-9(14)10(15)5-8(6)13/h3,5,7H,2,4H2,1H3,(H,17,18)/t7-/m1/s1. The van der Waals surface area contributed by atoms with Crippen LogP contribution >= 0.6 is 0 Å². The third-order valence-corrected chi connectivity index (χ3v) is 2.55. The number of carbonyl (C=O) groups is 2. The second-order valence-electron chi connectivity index (χ2n) is 3.88. The van der Waals surface area contributed by atoms with E-state index in [2.05, 4.69) is 4.74 Å². The minimum atomic E-state index is -1.36. The van der Waals surface area contributed by atoms with Gasteiger partial charge in [0.25, 0.3) is 0 Å². The SMILES string of the molecule is COC(=O)C[C@@H](Cc1cc(F)c(F)cc1F)C(=O)O. The van der Waals surface area contributed by atoms with Crippen molar-refractivity contribution < 1.29 is 32.6 Å². The molecule has 1 atom stereocenters. The molecule has 0 saturated carbocycles. The maximum absolute atomic E-state index is 13.4. The van der Waals surface area contributed by atoms with Crippen LogP contribution in [0.5, 0.6) is 0 Å². The Morgan fingerprint density at radius 3 is 2.32 bits per heavy atom. The van der Waals surface area contributed by atoms with Gasteiger partial charge in [-0.05, 0) is 18.1 Å². The lowest BCUT2D eigenvalue weighted by Crippen LogP contribution is -2.21. The van der Waals surface area contributed by atoms with Gasteiger partial charge in [0.05, 0.1) is 19.4 Å². The molecule has 19 heavy (non-hydrogen) atoms. The topological polar surface area (TPSA) is 63.6 Å². The second-order valence-corrected chi connectivity index (χ2v) is 3.88. The third kappa shape index (κ3) is 3.97. The first-order valence-electron chi connectivity index (χ1n) is 5.28. The zero-order valence-electron chi connectivity index (χ0n) is 9.95. The number of carbonyl (C=O) groups excluding carboxylic acids is 1. The van der Waals surface area contributed by atoms with E-state index in [9.17, 15) is 22.8 Å². The van der Waals surface area contributed by atoms with E-state index in [-0.39, 0.29) is 5.56 Å². The lowest BCUT2D eigenvalue weighted by molar-refractivity contribution is -0.149. The predicted molar refractivity (Wildman–Crippen MR) is 57.8 cm³/mol. The van der Waals surface area contributed by atoms with Crippen molar-refractivity contribution in [1.82, 2.24) is 0 Å². The van der Waals surface area contributed by atoms with Crippen molar-refractivity contribution in [2.45, 2.75) is 12.8 Å². The van der Waals surface area contributed by atoms with E-state index in [0.29, 0.717) is 12.1 Å². The summed E-state index contributed by atoms with van der Waals surface area (Å²) in [7, 11) is 1.08. The number of esters is 1. The van der Waals surface area contributed by atoms with Crippen LogP contribution in [0.25, 0.3) is 0 Å². The number of hydrogen-bond acceptors (Lipinski definition) is 3. The highest BCUT2D eigenvalue weighted by Gasteiger charge is 2.24. The Balaban J connectivity index is 2.94. The third-order valence-electron chi connectivity index (χ3n) is 2.55. The number of halogens is 3. The zero-order chi connectivity index (χ0) is 14.6. The van der Waals surface area contributed by atoms with Crippen molar-refractivity contribution in [3.8, 4) is 0 Å². The van der Waals surface area contributed by atoms with Gasteiger partial charge in [-0.15, -0.1) is 0 Å². The molecule has 0 aliphatic heterocycles. The molecule has 0 aromatic heterocycles. The van der Waals surface area contributed by atoms with Crippen molar-refractivity contribution in [3.63, 3.8) is 0 Å². The van der Waals surface area contributed by atoms with Crippen LogP contribution in [0.2, 0.25) is 0 Å². The molecule has 1 rings (SSSR count). The summed E-state index contributed by atoms with van der Waals surface area (Å²) in [6.45, 7) is 0. The van der Waals surface area contributed by atoms with Crippen molar-refractivity contribution in [2.75, 3.05) is 7.11 Å². The number of methoxy groups -OCH3 is 1. The van der Waals surface area contributed by atoms with Crippen LogP contribution in [-0.4, -0.2) is 24.2 Å². The van der Waals surface area contributed by atoms with Gasteiger partial charge in [0.15, 0.2) is 11.6 Å². The van der Waals surface area contributed by atoms with Crippen LogP contribution < -0.4 is 0 Å². The van der Waals surface area contributed by atoms with Gasteiger partial charge in [0.1, 0.15) is 5.82 Å². The van der Waals surface area contributed by atoms with Gasteiger partial charge in [-0.1, -0.05) is 0 Å². The van der Waals surface area contributed by atoms with Gasteiger partial charge in [-0.25, -0.2) is 13.2 Å². The minimum absolute atomic E-state index is 0.310. The van der Waals surface area contributed by atoms with Gasteiger partial charge in [-0.3, -0.25) is 9.59 Å². The van der Waals surface area contributed by atoms with E-state index >= 15 is 0 Å². The predicted octanol–water partition coefficient (Wildman–Crippen LogP) is 1.91. The fourth-order valence-corrected chi connectivity index (χ4v) is 1.52. The fourth-order valence-electron chi connectivity index (χ4n) is 1.52. The van der Waals surface area contributed by atoms with E-state index in [4.69, 9.17) is 5.11 Å². The normalized spacial score (nSPS) is 12.0. The lowest BCUT2D eigenvalue weighted by atomic mass is 9.96. The molecular weight excluding hydrogens is 265 g/mol. The highest BCUT2D eigenvalue weighted by molar-refractivity contribution is 5.78. The average Bonchev–Trinajstić information content (AvgIpc) is 2.34. The van der Waals surface area contributed by atoms with Gasteiger partial charge >= 0.3 is 11.9 Å². The maximum Gasteiger partial charge on any atom is 0.307 e. The molecule has 0 aliphatic carbocycles. The molecule has 0 fully saturated rings. The zero-order valence-corrected chi connectivity index (χ0v) is 9.95. The lowest BCUT2D eigenvalue weighted by Gasteiger charge is -2.12. The van der Waals surface area contributed by atoms with Crippen LogP contribution in [0, 0.1) is 23.4 Å². The molecule has 7 heteroatoms. The summed E-state index contributed by atoms with van der Waals surface area (Å²) in [5, 5.41) is 8.90. The second kappa shape index (κ2) is 6.21. The smallest absolute Gasteiger partial charge is 0.307 e. The van der Waals surface area contributed by atoms with E-state index in [1.54, 1.807) is 0 Å². The molecule has 0 heterocycles. The molecule has 0 aliphatic rings. The molecule has 1 aromatic carbocycles. The first-order chi connectivity index (χ1) is 8.85. The van der Waals surface area contributed by atoms with E-state index < -0.39 is 48.1 Å². The molecule has 0 saturated heterocycles. The number of rotatable bonds is 5. The Morgan fingerprint density at radius 2 is 1.79 bits per heavy atom. The van der Waals surface area contributed by atoms with Gasteiger partial charge in [0.2, 0.25) is 0 Å². The summed E-state index contributed by atoms with van der Waals surface area (Å²) in [5.74, 6) is -7.11. The number of ether oxygens (including phenoxy) is 1. The fraction of sp³-hybridized carbons (Fsp3) is 0.333. The van der Waals surface area contributed by atoms with Crippen LogP contribution in [0.15, 0.2) is 12.1 Å². The van der Waals surface area contributed by atoms with Gasteiger partial charge in [0, 0.05) is 6.07 Å². The Hall–Kier alpha value is -2.05. The van der Waals surface area contributed by atoms with Crippen molar-refractivity contribution in [1.29, 1.82) is 0 Å². The first kappa shape index (κ1) is 15.0. The number of carboxylic acids is 1. The molecule has 0 amide bonds. The van der Waals surface area contributed by atoms with E-state index in [1.165, 1.54) is 0 Å². The molecule has 0 bridgehead atoms. The van der Waals surface area contributed by atoms with Crippen molar-refractivity contribution >= 4 is 11.9 Å². The van der Waals surface area contributed by atoms with Gasteiger partial charge in [-0.2, -0.15) is 0 Å². The van der Waals surface area contributed by atoms with Crippen LogP contribution in [-0.2, 0) is 20.7 Å². The Kier molecular flexibility index (Phi) is 4.91. The molecule has 0 spiro atoms. The van der Waals surface area contributed by atoms with Crippen LogP contribution in [0.4, 0.5) is 13.2 Å². The molecule has 0 radical (unpaired) electrons. The molecule has 1 aromatic rings. The Bertz CT molecular complexity index is 502. The van der Waals surface area contributed by atoms with Crippen LogP contribution in [0.1, 0.15) is 12.0 Å². The molecule has 1 N–H and O–H groups in total. The molecule has 0 unspecified atom stereocenters. The molecule has 4 nitrogen and oxygen atoms in total. The highest BCUT2D eigenvalue weighted by atomic mass is 19.2. The summed E-state index contributed by atoms with van der Waals surface area (Å²) in [5.41, 5.74) is -0.310. The van der Waals surface area contributed by atoms with E-state index in [1.807, 2.05) is 0 Å². The Morgan fingerprint density at radius 1 is 1.21 bits per heavy atom. The molecule has 104 valence electrons. The molecular formula is C12H11F3O4.